The molecule has 0 aromatic heterocycles. The van der Waals surface area contributed by atoms with Crippen LogP contribution in [0.25, 0.3) is 0 Å². The molecule has 140 valence electrons. The van der Waals surface area contributed by atoms with Crippen LogP contribution in [-0.4, -0.2) is 45.2 Å². The molecular weight excluding hydrogens is 318 g/mol. The fourth-order valence-electron chi connectivity index (χ4n) is 1.81. The van der Waals surface area contributed by atoms with Gasteiger partial charge in [-0.15, -0.1) is 0 Å². The number of carbonyl (C=O) groups excluding carboxylic acids is 2. The van der Waals surface area contributed by atoms with E-state index in [0.717, 1.165) is 0 Å². The highest BCUT2D eigenvalue weighted by atomic mass is 16.6. The molecule has 0 aromatic carbocycles. The summed E-state index contributed by atoms with van der Waals surface area (Å²) >= 11 is 0. The lowest BCUT2D eigenvalue weighted by Crippen LogP contribution is -2.65. The number of carboxylic acid groups (broad SMARTS) is 1. The molecule has 0 heterocycles. The molecule has 0 aromatic rings. The number of ether oxygens (including phenoxy) is 2. The first-order valence-electron chi connectivity index (χ1n) is 7.58. The Bertz CT molecular complexity index is 500. The van der Waals surface area contributed by atoms with Crippen LogP contribution in [0.3, 0.4) is 0 Å². The van der Waals surface area contributed by atoms with Gasteiger partial charge in [-0.1, -0.05) is 13.8 Å². The maximum Gasteiger partial charge on any atom is 0.410 e. The topological polar surface area (TPSA) is 122 Å². The third-order valence-corrected chi connectivity index (χ3v) is 2.95. The summed E-state index contributed by atoms with van der Waals surface area (Å²) in [6.07, 6.45) is -1.65. The van der Waals surface area contributed by atoms with Gasteiger partial charge in [-0.3, -0.25) is 10.1 Å². The summed E-state index contributed by atoms with van der Waals surface area (Å²) in [5.74, 6) is -2.40. The van der Waals surface area contributed by atoms with Gasteiger partial charge in [0.05, 0.1) is 6.42 Å². The molecule has 0 aliphatic rings. The van der Waals surface area contributed by atoms with Gasteiger partial charge in [0.25, 0.3) is 0 Å². The van der Waals surface area contributed by atoms with Gasteiger partial charge in [-0.25, -0.2) is 9.59 Å². The molecule has 1 amide bonds. The molecule has 3 N–H and O–H groups in total. The summed E-state index contributed by atoms with van der Waals surface area (Å²) in [6.45, 7) is 12.3. The van der Waals surface area contributed by atoms with E-state index in [4.69, 9.17) is 14.6 Å². The fraction of sp³-hybridized carbons (Fsp3) is 0.812. The Morgan fingerprint density at radius 2 is 1.29 bits per heavy atom. The van der Waals surface area contributed by atoms with Crippen molar-refractivity contribution in [2.24, 2.45) is 5.41 Å². The summed E-state index contributed by atoms with van der Waals surface area (Å²) in [5.41, 5.74) is -5.95. The van der Waals surface area contributed by atoms with Crippen molar-refractivity contribution in [3.05, 3.63) is 0 Å². The lowest BCUT2D eigenvalue weighted by Gasteiger charge is -2.41. The molecule has 0 aliphatic carbocycles. The van der Waals surface area contributed by atoms with Gasteiger partial charge in [0.2, 0.25) is 5.72 Å². The van der Waals surface area contributed by atoms with E-state index >= 15 is 0 Å². The van der Waals surface area contributed by atoms with E-state index in [2.05, 4.69) is 5.32 Å². The lowest BCUT2D eigenvalue weighted by molar-refractivity contribution is -0.198. The number of aliphatic hydroxyl groups is 1. The molecule has 8 nitrogen and oxygen atoms in total. The van der Waals surface area contributed by atoms with Gasteiger partial charge >= 0.3 is 18.0 Å². The van der Waals surface area contributed by atoms with Crippen LogP contribution >= 0.6 is 0 Å². The van der Waals surface area contributed by atoms with Crippen molar-refractivity contribution in [3.63, 3.8) is 0 Å². The number of amides is 1. The van der Waals surface area contributed by atoms with Gasteiger partial charge in [0.15, 0.2) is 0 Å². The molecular formula is C16H29NO7. The molecule has 0 spiro atoms. The molecule has 0 saturated heterocycles. The van der Waals surface area contributed by atoms with Crippen LogP contribution < -0.4 is 5.32 Å². The van der Waals surface area contributed by atoms with Crippen LogP contribution in [0.15, 0.2) is 0 Å². The minimum atomic E-state index is -2.58. The van der Waals surface area contributed by atoms with E-state index < -0.39 is 46.8 Å². The van der Waals surface area contributed by atoms with Gasteiger partial charge in [0.1, 0.15) is 11.2 Å². The van der Waals surface area contributed by atoms with Gasteiger partial charge < -0.3 is 19.7 Å². The van der Waals surface area contributed by atoms with Crippen molar-refractivity contribution in [1.29, 1.82) is 0 Å². The number of carboxylic acids is 1. The number of alkyl carbamates (subject to hydrolysis) is 1. The van der Waals surface area contributed by atoms with Crippen molar-refractivity contribution < 1.29 is 34.1 Å². The molecule has 1 unspecified atom stereocenters. The molecule has 8 heteroatoms. The second-order valence-electron chi connectivity index (χ2n) is 8.29. The fourth-order valence-corrected chi connectivity index (χ4v) is 1.81. The highest BCUT2D eigenvalue weighted by Crippen LogP contribution is 2.35. The van der Waals surface area contributed by atoms with E-state index in [1.54, 1.807) is 41.5 Å². The summed E-state index contributed by atoms with van der Waals surface area (Å²) in [5, 5.41) is 22.0. The Kier molecular flexibility index (Phi) is 6.43. The molecule has 0 fully saturated rings. The van der Waals surface area contributed by atoms with E-state index in [1.165, 1.54) is 13.8 Å². The van der Waals surface area contributed by atoms with Crippen LogP contribution in [0, 0.1) is 5.41 Å². The number of rotatable bonds is 5. The summed E-state index contributed by atoms with van der Waals surface area (Å²) < 4.78 is 10.2. The summed E-state index contributed by atoms with van der Waals surface area (Å²) in [6, 6.07) is 0. The van der Waals surface area contributed by atoms with Gasteiger partial charge in [0, 0.05) is 5.41 Å². The normalized spacial score (nSPS) is 15.2. The average molecular weight is 347 g/mol. The first kappa shape index (κ1) is 22.2. The second-order valence-corrected chi connectivity index (χ2v) is 8.29. The number of esters is 1. The minimum absolute atomic E-state index is 0.585. The van der Waals surface area contributed by atoms with Gasteiger partial charge in [-0.2, -0.15) is 0 Å². The predicted octanol–water partition coefficient (Wildman–Crippen LogP) is 2.04. The maximum absolute atomic E-state index is 12.5. The Morgan fingerprint density at radius 3 is 1.62 bits per heavy atom. The Morgan fingerprint density at radius 1 is 0.875 bits per heavy atom. The van der Waals surface area contributed by atoms with E-state index in [-0.39, 0.29) is 0 Å². The van der Waals surface area contributed by atoms with Crippen LogP contribution in [0.1, 0.15) is 61.8 Å². The van der Waals surface area contributed by atoms with E-state index in [0.29, 0.717) is 0 Å². The minimum Gasteiger partial charge on any atom is -0.481 e. The molecule has 24 heavy (non-hydrogen) atoms. The average Bonchev–Trinajstić information content (AvgIpc) is 2.20. The van der Waals surface area contributed by atoms with E-state index in [1.807, 2.05) is 0 Å². The molecule has 0 rings (SSSR count). The van der Waals surface area contributed by atoms with Crippen LogP contribution in [0.2, 0.25) is 0 Å². The third-order valence-electron chi connectivity index (χ3n) is 2.95. The van der Waals surface area contributed by atoms with Crippen LogP contribution in [0.5, 0.6) is 0 Å². The smallest absolute Gasteiger partial charge is 0.410 e. The molecule has 0 aliphatic heterocycles. The standard InChI is InChI=1S/C16H29NO7/c1-13(2,3)23-11(20)16(22,15(7,8)9-10(18)19)17-12(21)24-14(4,5)6/h22H,9H2,1-8H3,(H,17,21)(H,18,19). The first-order valence-corrected chi connectivity index (χ1v) is 7.58. The van der Waals surface area contributed by atoms with Gasteiger partial charge in [-0.05, 0) is 41.5 Å². The number of hydrogen-bond donors (Lipinski definition) is 3. The Labute approximate surface area is 142 Å². The number of hydrogen-bond acceptors (Lipinski definition) is 6. The van der Waals surface area contributed by atoms with Crippen LogP contribution in [-0.2, 0) is 19.1 Å². The Hall–Kier alpha value is -1.83. The van der Waals surface area contributed by atoms with Crippen molar-refractivity contribution in [1.82, 2.24) is 5.32 Å². The zero-order valence-corrected chi connectivity index (χ0v) is 15.6. The molecule has 0 bridgehead atoms. The number of nitrogens with one attached hydrogen (secondary N) is 1. The zero-order chi connectivity index (χ0) is 19.6. The van der Waals surface area contributed by atoms with Crippen molar-refractivity contribution >= 4 is 18.0 Å². The number of carbonyl (C=O) groups is 3. The predicted molar refractivity (Wildman–Crippen MR) is 86.2 cm³/mol. The van der Waals surface area contributed by atoms with E-state index in [9.17, 15) is 19.5 Å². The molecule has 1 atom stereocenters. The number of aliphatic carboxylic acids is 1. The van der Waals surface area contributed by atoms with Crippen LogP contribution in [0.4, 0.5) is 4.79 Å². The SMILES string of the molecule is CC(C)(C)OC(=O)NC(O)(C(=O)OC(C)(C)C)C(C)(C)CC(=O)O. The quantitative estimate of drug-likeness (QED) is 0.514. The summed E-state index contributed by atoms with van der Waals surface area (Å²) in [4.78, 5) is 35.6. The Balaban J connectivity index is 5.70. The highest BCUT2D eigenvalue weighted by Gasteiger charge is 2.55. The summed E-state index contributed by atoms with van der Waals surface area (Å²) in [7, 11) is 0. The van der Waals surface area contributed by atoms with Crippen molar-refractivity contribution in [2.45, 2.75) is 78.7 Å². The highest BCUT2D eigenvalue weighted by molar-refractivity contribution is 5.86. The van der Waals surface area contributed by atoms with Crippen molar-refractivity contribution in [3.8, 4) is 0 Å². The third kappa shape index (κ3) is 6.74. The molecule has 0 radical (unpaired) electrons. The lowest BCUT2D eigenvalue weighted by atomic mass is 9.77. The zero-order valence-electron chi connectivity index (χ0n) is 15.6. The largest absolute Gasteiger partial charge is 0.481 e. The first-order chi connectivity index (χ1) is 10.4. The monoisotopic (exact) mass is 347 g/mol. The second kappa shape index (κ2) is 6.96. The van der Waals surface area contributed by atoms with Crippen molar-refractivity contribution in [2.75, 3.05) is 0 Å². The molecule has 0 saturated carbocycles. The maximum atomic E-state index is 12.5.